The summed E-state index contributed by atoms with van der Waals surface area (Å²) in [5, 5.41) is 1.12. The maximum atomic E-state index is 5.39. The summed E-state index contributed by atoms with van der Waals surface area (Å²) in [6, 6.07) is 0. The molecule has 72 valence electrons. The predicted molar refractivity (Wildman–Crippen MR) is 59.7 cm³/mol. The molecule has 1 nitrogen and oxygen atoms in total. The molecule has 0 rings (SSSR count). The van der Waals surface area contributed by atoms with Crippen molar-refractivity contribution in [3.05, 3.63) is 12.2 Å². The van der Waals surface area contributed by atoms with E-state index in [2.05, 4.69) is 28.1 Å². The molecule has 2 heteroatoms. The van der Waals surface area contributed by atoms with Crippen molar-refractivity contribution in [3.8, 4) is 0 Å². The first-order valence-electron chi connectivity index (χ1n) is 4.83. The number of rotatable bonds is 8. The molecule has 0 amide bonds. The summed E-state index contributed by atoms with van der Waals surface area (Å²) in [5.74, 6) is 0. The second-order valence-electron chi connectivity index (χ2n) is 2.94. The Labute approximate surface area is 84.5 Å². The van der Waals surface area contributed by atoms with Gasteiger partial charge in [-0.3, -0.25) is 0 Å². The van der Waals surface area contributed by atoms with Gasteiger partial charge in [0.25, 0.3) is 0 Å². The number of hydrogen-bond donors (Lipinski definition) is 1. The average molecular weight is 234 g/mol. The lowest BCUT2D eigenvalue weighted by Crippen LogP contribution is -1.97. The lowest BCUT2D eigenvalue weighted by molar-refractivity contribution is 0.694. The highest BCUT2D eigenvalue weighted by Gasteiger charge is 1.84. The van der Waals surface area contributed by atoms with Crippen molar-refractivity contribution in [2.24, 2.45) is 5.73 Å². The highest BCUT2D eigenvalue weighted by Crippen LogP contribution is 2.01. The van der Waals surface area contributed by atoms with Gasteiger partial charge in [-0.15, -0.1) is 0 Å². The minimum Gasteiger partial charge on any atom is -0.330 e. The summed E-state index contributed by atoms with van der Waals surface area (Å²) < 4.78 is 0. The van der Waals surface area contributed by atoms with Crippen molar-refractivity contribution < 1.29 is 0 Å². The third-order valence-corrected chi connectivity index (χ3v) is 2.31. The number of halogens is 1. The summed E-state index contributed by atoms with van der Waals surface area (Å²) in [6.45, 7) is 0.841. The van der Waals surface area contributed by atoms with E-state index in [4.69, 9.17) is 5.73 Å². The molecule has 0 aromatic heterocycles. The van der Waals surface area contributed by atoms with Crippen LogP contribution in [0.3, 0.4) is 0 Å². The van der Waals surface area contributed by atoms with Gasteiger partial charge in [0.15, 0.2) is 0 Å². The fourth-order valence-corrected chi connectivity index (χ4v) is 1.34. The standard InChI is InChI=1S/C10H20BrN/c11-9-7-5-3-1-2-4-6-8-10-12/h1,3H,2,4-10,12H2/b3-1+. The van der Waals surface area contributed by atoms with E-state index in [1.54, 1.807) is 0 Å². The highest BCUT2D eigenvalue weighted by molar-refractivity contribution is 9.09. The normalized spacial score (nSPS) is 11.2. The van der Waals surface area contributed by atoms with Gasteiger partial charge in [0.1, 0.15) is 0 Å². The minimum absolute atomic E-state index is 0.841. The molecule has 0 saturated heterocycles. The van der Waals surface area contributed by atoms with Crippen LogP contribution in [0.5, 0.6) is 0 Å². The first-order valence-corrected chi connectivity index (χ1v) is 5.95. The average Bonchev–Trinajstić information content (AvgIpc) is 2.10. The van der Waals surface area contributed by atoms with Crippen LogP contribution in [-0.4, -0.2) is 11.9 Å². The van der Waals surface area contributed by atoms with Gasteiger partial charge >= 0.3 is 0 Å². The second-order valence-corrected chi connectivity index (χ2v) is 3.73. The van der Waals surface area contributed by atoms with Gasteiger partial charge in [-0.2, -0.15) is 0 Å². The zero-order valence-corrected chi connectivity index (χ0v) is 9.35. The molecule has 0 spiro atoms. The van der Waals surface area contributed by atoms with E-state index in [0.29, 0.717) is 0 Å². The van der Waals surface area contributed by atoms with Crippen molar-refractivity contribution in [1.29, 1.82) is 0 Å². The lowest BCUT2D eigenvalue weighted by Gasteiger charge is -1.94. The van der Waals surface area contributed by atoms with Gasteiger partial charge in [0.05, 0.1) is 0 Å². The second kappa shape index (κ2) is 11.2. The molecule has 0 fully saturated rings. The summed E-state index contributed by atoms with van der Waals surface area (Å²) in [7, 11) is 0. The summed E-state index contributed by atoms with van der Waals surface area (Å²) in [6.07, 6.45) is 12.0. The van der Waals surface area contributed by atoms with Crippen molar-refractivity contribution in [2.75, 3.05) is 11.9 Å². The van der Waals surface area contributed by atoms with Crippen LogP contribution in [0.4, 0.5) is 0 Å². The molecule has 0 atom stereocenters. The van der Waals surface area contributed by atoms with Crippen molar-refractivity contribution in [2.45, 2.75) is 38.5 Å². The van der Waals surface area contributed by atoms with E-state index in [-0.39, 0.29) is 0 Å². The van der Waals surface area contributed by atoms with E-state index < -0.39 is 0 Å². The maximum absolute atomic E-state index is 5.39. The molecule has 12 heavy (non-hydrogen) atoms. The molecule has 0 heterocycles. The number of hydrogen-bond acceptors (Lipinski definition) is 1. The van der Waals surface area contributed by atoms with Crippen molar-refractivity contribution in [1.82, 2.24) is 0 Å². The minimum atomic E-state index is 0.841. The molecular weight excluding hydrogens is 214 g/mol. The van der Waals surface area contributed by atoms with Crippen LogP contribution in [0.2, 0.25) is 0 Å². The fraction of sp³-hybridized carbons (Fsp3) is 0.800. The van der Waals surface area contributed by atoms with Gasteiger partial charge in [0, 0.05) is 5.33 Å². The van der Waals surface area contributed by atoms with Crippen LogP contribution >= 0.6 is 15.9 Å². The van der Waals surface area contributed by atoms with E-state index >= 15 is 0 Å². The summed E-state index contributed by atoms with van der Waals surface area (Å²) in [4.78, 5) is 0. The molecule has 0 aliphatic heterocycles. The van der Waals surface area contributed by atoms with Crippen LogP contribution in [-0.2, 0) is 0 Å². The van der Waals surface area contributed by atoms with Gasteiger partial charge < -0.3 is 5.73 Å². The van der Waals surface area contributed by atoms with Crippen molar-refractivity contribution >= 4 is 15.9 Å². The molecule has 0 aliphatic rings. The third-order valence-electron chi connectivity index (χ3n) is 1.75. The van der Waals surface area contributed by atoms with Crippen LogP contribution in [0, 0.1) is 0 Å². The van der Waals surface area contributed by atoms with Gasteiger partial charge in [-0.25, -0.2) is 0 Å². The molecule has 0 saturated carbocycles. The fourth-order valence-electron chi connectivity index (χ4n) is 1.01. The Morgan fingerprint density at radius 1 is 0.917 bits per heavy atom. The Bertz CT molecular complexity index is 102. The molecule has 0 aromatic rings. The third kappa shape index (κ3) is 10.2. The monoisotopic (exact) mass is 233 g/mol. The Balaban J connectivity index is 2.92. The highest BCUT2D eigenvalue weighted by atomic mass is 79.9. The first-order chi connectivity index (χ1) is 5.91. The van der Waals surface area contributed by atoms with Crippen LogP contribution < -0.4 is 5.73 Å². The zero-order valence-electron chi connectivity index (χ0n) is 7.77. The van der Waals surface area contributed by atoms with Gasteiger partial charge in [0.2, 0.25) is 0 Å². The Hall–Kier alpha value is 0.180. The SMILES string of the molecule is NCCCCC/C=C/CCCBr. The zero-order chi connectivity index (χ0) is 9.07. The Morgan fingerprint density at radius 3 is 2.17 bits per heavy atom. The number of unbranched alkanes of at least 4 members (excludes halogenated alkanes) is 4. The molecule has 0 bridgehead atoms. The van der Waals surface area contributed by atoms with E-state index in [0.717, 1.165) is 11.9 Å². The topological polar surface area (TPSA) is 26.0 Å². The van der Waals surface area contributed by atoms with Gasteiger partial charge in [-0.05, 0) is 38.6 Å². The number of alkyl halides is 1. The number of allylic oxidation sites excluding steroid dienone is 2. The van der Waals surface area contributed by atoms with E-state index in [9.17, 15) is 0 Å². The van der Waals surface area contributed by atoms with Gasteiger partial charge in [-0.1, -0.05) is 34.5 Å². The summed E-state index contributed by atoms with van der Waals surface area (Å²) in [5.41, 5.74) is 5.39. The Kier molecular flexibility index (Phi) is 11.3. The molecule has 0 aliphatic carbocycles. The molecular formula is C10H20BrN. The van der Waals surface area contributed by atoms with Crippen LogP contribution in [0.15, 0.2) is 12.2 Å². The molecule has 2 N–H and O–H groups in total. The molecule has 0 unspecified atom stereocenters. The van der Waals surface area contributed by atoms with Crippen LogP contribution in [0.25, 0.3) is 0 Å². The molecule has 0 aromatic carbocycles. The van der Waals surface area contributed by atoms with E-state index in [1.165, 1.54) is 38.5 Å². The molecule has 0 radical (unpaired) electrons. The predicted octanol–water partition coefficient (Wildman–Crippen LogP) is 3.24. The largest absolute Gasteiger partial charge is 0.330 e. The first kappa shape index (κ1) is 12.2. The quantitative estimate of drug-likeness (QED) is 0.389. The van der Waals surface area contributed by atoms with Crippen LogP contribution in [0.1, 0.15) is 38.5 Å². The van der Waals surface area contributed by atoms with Crippen molar-refractivity contribution in [3.63, 3.8) is 0 Å². The maximum Gasteiger partial charge on any atom is 0.00342 e. The number of nitrogens with two attached hydrogens (primary N) is 1. The summed E-state index contributed by atoms with van der Waals surface area (Å²) >= 11 is 3.40. The smallest absolute Gasteiger partial charge is 0.00342 e. The Morgan fingerprint density at radius 2 is 1.58 bits per heavy atom. The lowest BCUT2D eigenvalue weighted by atomic mass is 10.2. The van der Waals surface area contributed by atoms with E-state index in [1.807, 2.05) is 0 Å².